The van der Waals surface area contributed by atoms with E-state index in [9.17, 15) is 22.6 Å². The highest BCUT2D eigenvalue weighted by Gasteiger charge is 2.33. The fourth-order valence-electron chi connectivity index (χ4n) is 5.20. The maximum absolute atomic E-state index is 14.0. The van der Waals surface area contributed by atoms with Crippen LogP contribution in [0.15, 0.2) is 116 Å². The van der Waals surface area contributed by atoms with E-state index in [4.69, 9.17) is 4.42 Å². The summed E-state index contributed by atoms with van der Waals surface area (Å²) in [6.45, 7) is 3.55. The Kier molecular flexibility index (Phi) is 6.68. The van der Waals surface area contributed by atoms with E-state index in [0.29, 0.717) is 51.0 Å². The summed E-state index contributed by atoms with van der Waals surface area (Å²) in [6.07, 6.45) is 0. The molecule has 3 aromatic heterocycles. The number of aromatic nitrogens is 4. The maximum Gasteiger partial charge on any atom is 0.294 e. The third-order valence-electron chi connectivity index (χ3n) is 7.19. The minimum atomic E-state index is -4.35. The monoisotopic (exact) mass is 582 g/mol. The first kappa shape index (κ1) is 27.1. The van der Waals surface area contributed by atoms with Crippen molar-refractivity contribution >= 4 is 10.1 Å². The molecule has 0 spiro atoms. The molecule has 0 unspecified atom stereocenters. The van der Waals surface area contributed by atoms with Gasteiger partial charge in [-0.25, -0.2) is 9.36 Å². The number of aromatic amines is 2. The van der Waals surface area contributed by atoms with Gasteiger partial charge in [-0.15, -0.1) is 0 Å². The fraction of sp³-hybridized carbons (Fsp3) is 0.0968. The normalized spacial score (nSPS) is 11.8. The number of aryl methyl sites for hydroxylation is 2. The Morgan fingerprint density at radius 3 is 1.62 bits per heavy atom. The lowest BCUT2D eigenvalue weighted by atomic mass is 9.89. The van der Waals surface area contributed by atoms with Crippen LogP contribution < -0.4 is 11.1 Å². The first-order valence-corrected chi connectivity index (χ1v) is 14.5. The Bertz CT molecular complexity index is 2020. The molecule has 6 rings (SSSR count). The third-order valence-corrected chi connectivity index (χ3v) is 8.06. The molecule has 3 N–H and O–H groups in total. The van der Waals surface area contributed by atoms with Gasteiger partial charge in [0.05, 0.1) is 33.3 Å². The van der Waals surface area contributed by atoms with E-state index in [0.717, 1.165) is 0 Å². The van der Waals surface area contributed by atoms with Crippen molar-refractivity contribution in [3.8, 4) is 22.7 Å². The molecule has 0 aliphatic heterocycles. The van der Waals surface area contributed by atoms with Gasteiger partial charge in [-0.05, 0) is 74.5 Å². The number of benzene rings is 3. The molecule has 0 saturated heterocycles. The van der Waals surface area contributed by atoms with Gasteiger partial charge < -0.3 is 4.42 Å². The van der Waals surface area contributed by atoms with Gasteiger partial charge in [0, 0.05) is 17.0 Å². The Hall–Kier alpha value is -5.13. The van der Waals surface area contributed by atoms with Crippen LogP contribution in [-0.4, -0.2) is 32.5 Å². The molecular formula is C31H26N4O6S. The number of hydrogen-bond acceptors (Lipinski definition) is 5. The van der Waals surface area contributed by atoms with Crippen molar-refractivity contribution in [3.05, 3.63) is 146 Å². The quantitative estimate of drug-likeness (QED) is 0.227. The molecule has 212 valence electrons. The summed E-state index contributed by atoms with van der Waals surface area (Å²) < 4.78 is 41.5. The van der Waals surface area contributed by atoms with E-state index < -0.39 is 16.0 Å². The Morgan fingerprint density at radius 2 is 1.17 bits per heavy atom. The van der Waals surface area contributed by atoms with Gasteiger partial charge in [0.1, 0.15) is 11.5 Å². The summed E-state index contributed by atoms with van der Waals surface area (Å²) in [5, 5.41) is 6.30. The number of para-hydroxylation sites is 2. The third kappa shape index (κ3) is 4.74. The topological polar surface area (TPSA) is 143 Å². The second-order valence-electron chi connectivity index (χ2n) is 9.89. The number of furan rings is 1. The Labute approximate surface area is 240 Å². The smallest absolute Gasteiger partial charge is 0.294 e. The minimum Gasteiger partial charge on any atom is -0.460 e. The highest BCUT2D eigenvalue weighted by molar-refractivity contribution is 7.85. The van der Waals surface area contributed by atoms with Crippen LogP contribution in [-0.2, 0) is 10.1 Å². The molecule has 0 aliphatic rings. The van der Waals surface area contributed by atoms with Crippen LogP contribution in [0.4, 0.5) is 0 Å². The SMILES string of the molecule is Cc1[nH]n(-c2ccccc2)c(=O)c1C(c1ccc(-c2ccc(S(=O)(=O)O)cc2)o1)c1c(C)[nH]n(-c2ccccc2)c1=O. The first-order chi connectivity index (χ1) is 20.1. The van der Waals surface area contributed by atoms with Crippen LogP contribution in [0.5, 0.6) is 0 Å². The highest BCUT2D eigenvalue weighted by Crippen LogP contribution is 2.35. The molecule has 0 radical (unpaired) electrons. The molecule has 42 heavy (non-hydrogen) atoms. The van der Waals surface area contributed by atoms with Crippen LogP contribution in [0.25, 0.3) is 22.7 Å². The van der Waals surface area contributed by atoms with Crippen LogP contribution in [0.2, 0.25) is 0 Å². The number of hydrogen-bond donors (Lipinski definition) is 3. The van der Waals surface area contributed by atoms with Crippen molar-refractivity contribution in [1.82, 2.24) is 19.6 Å². The predicted molar refractivity (Wildman–Crippen MR) is 157 cm³/mol. The van der Waals surface area contributed by atoms with Crippen LogP contribution in [0.1, 0.15) is 34.2 Å². The van der Waals surface area contributed by atoms with E-state index in [-0.39, 0.29) is 16.0 Å². The van der Waals surface area contributed by atoms with Crippen molar-refractivity contribution in [2.45, 2.75) is 24.7 Å². The van der Waals surface area contributed by atoms with Gasteiger partial charge in [0.15, 0.2) is 0 Å². The minimum absolute atomic E-state index is 0.246. The summed E-state index contributed by atoms with van der Waals surface area (Å²) in [6, 6.07) is 27.2. The molecule has 0 saturated carbocycles. The fourth-order valence-corrected chi connectivity index (χ4v) is 5.68. The predicted octanol–water partition coefficient (Wildman–Crippen LogP) is 4.95. The largest absolute Gasteiger partial charge is 0.460 e. The summed E-state index contributed by atoms with van der Waals surface area (Å²) in [4.78, 5) is 27.7. The molecule has 3 aromatic carbocycles. The van der Waals surface area contributed by atoms with Crippen molar-refractivity contribution in [2.75, 3.05) is 0 Å². The Balaban J connectivity index is 1.54. The van der Waals surface area contributed by atoms with E-state index in [2.05, 4.69) is 10.2 Å². The van der Waals surface area contributed by atoms with Gasteiger partial charge in [0.2, 0.25) is 0 Å². The van der Waals surface area contributed by atoms with Gasteiger partial charge in [0.25, 0.3) is 21.2 Å². The van der Waals surface area contributed by atoms with Crippen molar-refractivity contribution in [1.29, 1.82) is 0 Å². The summed E-state index contributed by atoms with van der Waals surface area (Å²) in [7, 11) is -4.35. The number of nitrogens with zero attached hydrogens (tertiary/aromatic N) is 2. The zero-order chi connectivity index (χ0) is 29.6. The maximum atomic E-state index is 14.0. The lowest BCUT2D eigenvalue weighted by Crippen LogP contribution is -2.25. The zero-order valence-corrected chi connectivity index (χ0v) is 23.4. The summed E-state index contributed by atoms with van der Waals surface area (Å²) >= 11 is 0. The molecule has 0 amide bonds. The molecule has 0 aliphatic carbocycles. The Morgan fingerprint density at radius 1 is 0.690 bits per heavy atom. The van der Waals surface area contributed by atoms with Crippen LogP contribution in [0, 0.1) is 13.8 Å². The molecular weight excluding hydrogens is 556 g/mol. The highest BCUT2D eigenvalue weighted by atomic mass is 32.2. The lowest BCUT2D eigenvalue weighted by molar-refractivity contribution is 0.483. The number of nitrogens with one attached hydrogen (secondary N) is 2. The first-order valence-electron chi connectivity index (χ1n) is 13.0. The van der Waals surface area contributed by atoms with Gasteiger partial charge >= 0.3 is 0 Å². The van der Waals surface area contributed by atoms with Crippen molar-refractivity contribution < 1.29 is 17.4 Å². The standard InChI is InChI=1S/C31H26N4O6S/c1-19-27(30(36)34(32-19)22-9-5-3-6-10-22)29(28-20(2)33-35(31(28)37)23-11-7-4-8-12-23)26-18-17-25(41-26)21-13-15-24(16-14-21)42(38,39)40/h3-18,29,32-33H,1-2H3,(H,38,39,40). The number of rotatable bonds is 7. The van der Waals surface area contributed by atoms with Gasteiger partial charge in [-0.2, -0.15) is 8.42 Å². The van der Waals surface area contributed by atoms with E-state index in [1.54, 1.807) is 50.2 Å². The zero-order valence-electron chi connectivity index (χ0n) is 22.6. The van der Waals surface area contributed by atoms with Gasteiger partial charge in [-0.3, -0.25) is 24.3 Å². The molecule has 0 bridgehead atoms. The second-order valence-corrected chi connectivity index (χ2v) is 11.3. The van der Waals surface area contributed by atoms with Crippen molar-refractivity contribution in [2.24, 2.45) is 0 Å². The lowest BCUT2D eigenvalue weighted by Gasteiger charge is -2.13. The average Bonchev–Trinajstić information content (AvgIpc) is 3.67. The molecule has 10 nitrogen and oxygen atoms in total. The second kappa shape index (κ2) is 10.4. The van der Waals surface area contributed by atoms with Crippen LogP contribution in [0.3, 0.4) is 0 Å². The van der Waals surface area contributed by atoms with Crippen LogP contribution >= 0.6 is 0 Å². The molecule has 6 aromatic rings. The molecule has 3 heterocycles. The van der Waals surface area contributed by atoms with Crippen molar-refractivity contribution in [3.63, 3.8) is 0 Å². The molecule has 0 atom stereocenters. The van der Waals surface area contributed by atoms with E-state index in [1.807, 2.05) is 36.4 Å². The summed E-state index contributed by atoms with van der Waals surface area (Å²) in [5.41, 5.74) is 3.00. The molecule has 0 fully saturated rings. The summed E-state index contributed by atoms with van der Waals surface area (Å²) in [5.74, 6) is -0.133. The van der Waals surface area contributed by atoms with E-state index >= 15 is 0 Å². The van der Waals surface area contributed by atoms with E-state index in [1.165, 1.54) is 33.6 Å². The average molecular weight is 583 g/mol. The number of H-pyrrole nitrogens is 2. The van der Waals surface area contributed by atoms with Gasteiger partial charge in [-0.1, -0.05) is 36.4 Å². The molecule has 11 heteroatoms.